The maximum Gasteiger partial charge on any atom is 0.342 e. The van der Waals surface area contributed by atoms with Crippen LogP contribution in [0.5, 0.6) is 11.5 Å². The lowest BCUT2D eigenvalue weighted by atomic mass is 9.96. The Kier molecular flexibility index (Phi) is 10.2. The highest BCUT2D eigenvalue weighted by molar-refractivity contribution is 6.33. The van der Waals surface area contributed by atoms with Gasteiger partial charge in [0.25, 0.3) is 5.91 Å². The first-order valence-electron chi connectivity index (χ1n) is 11.9. The summed E-state index contributed by atoms with van der Waals surface area (Å²) >= 11 is 6.35. The smallest absolute Gasteiger partial charge is 0.342 e. The molecule has 1 aromatic rings. The van der Waals surface area contributed by atoms with E-state index in [9.17, 15) is 19.8 Å². The van der Waals surface area contributed by atoms with E-state index in [0.29, 0.717) is 38.1 Å². The van der Waals surface area contributed by atoms with Gasteiger partial charge in [0.15, 0.2) is 6.61 Å². The Hall–Kier alpha value is -2.78. The van der Waals surface area contributed by atoms with Crippen molar-refractivity contribution < 1.29 is 34.1 Å². The molecular formula is C25H33ClN2O7. The van der Waals surface area contributed by atoms with Gasteiger partial charge in [-0.05, 0) is 44.1 Å². The number of cyclic esters (lactones) is 1. The summed E-state index contributed by atoms with van der Waals surface area (Å²) < 4.78 is 10.9. The van der Waals surface area contributed by atoms with Crippen LogP contribution in [0.2, 0.25) is 5.02 Å². The highest BCUT2D eigenvalue weighted by atomic mass is 35.5. The van der Waals surface area contributed by atoms with Crippen LogP contribution < -0.4 is 0 Å². The van der Waals surface area contributed by atoms with Gasteiger partial charge in [-0.15, -0.1) is 0 Å². The Balaban J connectivity index is 1.89. The van der Waals surface area contributed by atoms with Crippen molar-refractivity contribution >= 4 is 29.2 Å². The van der Waals surface area contributed by atoms with E-state index in [1.807, 2.05) is 12.2 Å². The molecule has 1 fully saturated rings. The van der Waals surface area contributed by atoms with E-state index >= 15 is 0 Å². The van der Waals surface area contributed by atoms with Gasteiger partial charge in [0, 0.05) is 39.1 Å². The molecule has 9 nitrogen and oxygen atoms in total. The second-order valence-electron chi connectivity index (χ2n) is 8.67. The van der Waals surface area contributed by atoms with Gasteiger partial charge < -0.3 is 29.4 Å². The van der Waals surface area contributed by atoms with E-state index < -0.39 is 11.7 Å². The van der Waals surface area contributed by atoms with Crippen LogP contribution in [-0.2, 0) is 25.5 Å². The van der Waals surface area contributed by atoms with Crippen molar-refractivity contribution in [1.82, 2.24) is 4.90 Å². The summed E-state index contributed by atoms with van der Waals surface area (Å²) in [5, 5.41) is 24.7. The number of likely N-dealkylation sites (tertiary alicyclic amines) is 1. The second-order valence-corrected chi connectivity index (χ2v) is 9.04. The van der Waals surface area contributed by atoms with Gasteiger partial charge in [-0.2, -0.15) is 0 Å². The van der Waals surface area contributed by atoms with Crippen molar-refractivity contribution in [3.8, 4) is 11.5 Å². The molecule has 2 aliphatic heterocycles. The predicted octanol–water partition coefficient (Wildman–Crippen LogP) is 3.98. The molecule has 0 radical (unpaired) electrons. The number of nitrogens with zero attached hydrogens (tertiary/aromatic N) is 2. The van der Waals surface area contributed by atoms with Crippen LogP contribution in [-0.4, -0.2) is 72.2 Å². The average molecular weight is 509 g/mol. The molecule has 0 saturated carbocycles. The van der Waals surface area contributed by atoms with Crippen molar-refractivity contribution in [2.45, 2.75) is 57.5 Å². The molecule has 192 valence electrons. The number of phenols is 2. The fourth-order valence-electron chi connectivity index (χ4n) is 4.21. The molecule has 35 heavy (non-hydrogen) atoms. The predicted molar refractivity (Wildman–Crippen MR) is 131 cm³/mol. The summed E-state index contributed by atoms with van der Waals surface area (Å²) in [6, 6.07) is 1.01. The number of esters is 1. The van der Waals surface area contributed by atoms with Crippen molar-refractivity contribution in [1.29, 1.82) is 0 Å². The zero-order valence-electron chi connectivity index (χ0n) is 20.0. The molecule has 0 bridgehead atoms. The summed E-state index contributed by atoms with van der Waals surface area (Å²) in [5.74, 6) is -1.71. The SMILES string of the molecule is COC1CC/C=C/CCOC(=O)c2c(O)cc(O)c(Cl)c2C/C(=N\OCC(=O)N2CCCCC2)C1. The molecule has 1 atom stereocenters. The van der Waals surface area contributed by atoms with Crippen molar-refractivity contribution in [2.24, 2.45) is 5.16 Å². The lowest BCUT2D eigenvalue weighted by molar-refractivity contribution is -0.137. The molecule has 2 N–H and O–H groups in total. The first-order chi connectivity index (χ1) is 16.9. The molecule has 1 amide bonds. The Morgan fingerprint density at radius 3 is 2.69 bits per heavy atom. The van der Waals surface area contributed by atoms with Gasteiger partial charge in [-0.1, -0.05) is 28.9 Å². The average Bonchev–Trinajstić information content (AvgIpc) is 2.85. The molecular weight excluding hydrogens is 476 g/mol. The first kappa shape index (κ1) is 26.8. The maximum atomic E-state index is 12.8. The fraction of sp³-hybridized carbons (Fsp3) is 0.560. The number of hydrogen-bond acceptors (Lipinski definition) is 8. The van der Waals surface area contributed by atoms with Gasteiger partial charge in [0.1, 0.15) is 17.1 Å². The van der Waals surface area contributed by atoms with E-state index in [1.54, 1.807) is 12.0 Å². The molecule has 1 unspecified atom stereocenters. The number of carbonyl (C=O) groups excluding carboxylic acids is 2. The number of aromatic hydroxyl groups is 2. The number of fused-ring (bicyclic) bond motifs is 1. The molecule has 0 aromatic heterocycles. The monoisotopic (exact) mass is 508 g/mol. The highest BCUT2D eigenvalue weighted by Gasteiger charge is 2.26. The van der Waals surface area contributed by atoms with E-state index in [-0.39, 0.29) is 53.5 Å². The normalized spacial score (nSPS) is 22.1. The third-order valence-corrected chi connectivity index (χ3v) is 6.55. The quantitative estimate of drug-likeness (QED) is 0.359. The molecule has 10 heteroatoms. The Labute approximate surface area is 210 Å². The van der Waals surface area contributed by atoms with Crippen LogP contribution in [0.3, 0.4) is 0 Å². The number of piperidine rings is 1. The minimum absolute atomic E-state index is 0.0150. The summed E-state index contributed by atoms with van der Waals surface area (Å²) in [7, 11) is 1.60. The number of carbonyl (C=O) groups is 2. The van der Waals surface area contributed by atoms with Gasteiger partial charge in [0.2, 0.25) is 0 Å². The van der Waals surface area contributed by atoms with E-state index in [2.05, 4.69) is 5.16 Å². The number of hydrogen-bond donors (Lipinski definition) is 2. The maximum absolute atomic E-state index is 12.8. The summed E-state index contributed by atoms with van der Waals surface area (Å²) in [5.41, 5.74) is 0.478. The van der Waals surface area contributed by atoms with E-state index in [1.165, 1.54) is 0 Å². The van der Waals surface area contributed by atoms with E-state index in [0.717, 1.165) is 31.7 Å². The lowest BCUT2D eigenvalue weighted by Crippen LogP contribution is -2.37. The van der Waals surface area contributed by atoms with Gasteiger partial charge in [0.05, 0.1) is 23.4 Å². The van der Waals surface area contributed by atoms with Crippen molar-refractivity contribution in [3.63, 3.8) is 0 Å². The summed E-state index contributed by atoms with van der Waals surface area (Å²) in [6.45, 7) is 1.34. The molecule has 2 aliphatic rings. The molecule has 1 saturated heterocycles. The number of allylic oxidation sites excluding steroid dienone is 1. The zero-order chi connectivity index (χ0) is 25.2. The summed E-state index contributed by atoms with van der Waals surface area (Å²) in [4.78, 5) is 32.4. The molecule has 0 spiro atoms. The van der Waals surface area contributed by atoms with Crippen LogP contribution in [0, 0.1) is 0 Å². The van der Waals surface area contributed by atoms with Gasteiger partial charge in [-0.3, -0.25) is 4.79 Å². The minimum Gasteiger partial charge on any atom is -0.507 e. The van der Waals surface area contributed by atoms with Crippen LogP contribution in [0.25, 0.3) is 0 Å². The van der Waals surface area contributed by atoms with Crippen LogP contribution in [0.1, 0.15) is 60.9 Å². The number of methoxy groups -OCH3 is 1. The molecule has 2 heterocycles. The standard InChI is InChI=1S/C25H33ClN2O7/c1-33-18-9-5-2-3-8-12-34-25(32)23-19(24(26)21(30)15-20(23)29)14-17(13-18)27-35-16-22(31)28-10-6-4-7-11-28/h2-3,15,18,29-30H,4-14,16H2,1H3/b3-2+,27-17-. The van der Waals surface area contributed by atoms with Crippen LogP contribution in [0.4, 0.5) is 0 Å². The Morgan fingerprint density at radius 2 is 1.94 bits per heavy atom. The largest absolute Gasteiger partial charge is 0.507 e. The Bertz CT molecular complexity index is 958. The fourth-order valence-corrected chi connectivity index (χ4v) is 4.43. The highest BCUT2D eigenvalue weighted by Crippen LogP contribution is 2.37. The number of benzene rings is 1. The number of amides is 1. The third-order valence-electron chi connectivity index (χ3n) is 6.13. The summed E-state index contributed by atoms with van der Waals surface area (Å²) in [6.07, 6.45) is 9.09. The molecule has 3 rings (SSSR count). The topological polar surface area (TPSA) is 118 Å². The minimum atomic E-state index is -0.756. The van der Waals surface area contributed by atoms with Crippen molar-refractivity contribution in [2.75, 3.05) is 33.4 Å². The van der Waals surface area contributed by atoms with Crippen molar-refractivity contribution in [3.05, 3.63) is 34.4 Å². The number of ether oxygens (including phenoxy) is 2. The zero-order valence-corrected chi connectivity index (χ0v) is 20.8. The third kappa shape index (κ3) is 7.60. The molecule has 1 aromatic carbocycles. The van der Waals surface area contributed by atoms with Gasteiger partial charge in [-0.25, -0.2) is 4.79 Å². The second kappa shape index (κ2) is 13.3. The Morgan fingerprint density at radius 1 is 1.20 bits per heavy atom. The van der Waals surface area contributed by atoms with Crippen LogP contribution >= 0.6 is 11.6 Å². The van der Waals surface area contributed by atoms with E-state index in [4.69, 9.17) is 25.9 Å². The first-order valence-corrected chi connectivity index (χ1v) is 12.3. The number of oxime groups is 1. The lowest BCUT2D eigenvalue weighted by Gasteiger charge is -2.26. The van der Waals surface area contributed by atoms with Crippen LogP contribution in [0.15, 0.2) is 23.4 Å². The number of rotatable bonds is 4. The van der Waals surface area contributed by atoms with Gasteiger partial charge >= 0.3 is 5.97 Å². The number of phenolic OH excluding ortho intramolecular Hbond substituents is 2. The molecule has 0 aliphatic carbocycles. The number of halogens is 1.